The van der Waals surface area contributed by atoms with Crippen LogP contribution in [0.3, 0.4) is 0 Å². The van der Waals surface area contributed by atoms with Gasteiger partial charge in [-0.2, -0.15) is 0 Å². The van der Waals surface area contributed by atoms with Gasteiger partial charge in [-0.1, -0.05) is 42.0 Å². The summed E-state index contributed by atoms with van der Waals surface area (Å²) < 4.78 is 0. The number of fused-ring (bicyclic) bond motifs is 1. The molecule has 0 heterocycles. The van der Waals surface area contributed by atoms with Crippen molar-refractivity contribution < 1.29 is 0 Å². The topological polar surface area (TPSA) is 3.24 Å². The van der Waals surface area contributed by atoms with Gasteiger partial charge in [-0.05, 0) is 43.8 Å². The fraction of sp³-hybridized carbons (Fsp3) is 0.333. The molecule has 2 aromatic carbocycles. The predicted octanol–water partition coefficient (Wildman–Crippen LogP) is 3.25. The third-order valence-corrected chi connectivity index (χ3v) is 2.91. The Morgan fingerprint density at radius 2 is 1.62 bits per heavy atom. The quantitative estimate of drug-likeness (QED) is 0.756. The molecule has 0 fully saturated rings. The van der Waals surface area contributed by atoms with E-state index in [9.17, 15) is 0 Å². The Hall–Kier alpha value is -1.34. The molecule has 0 atom stereocenters. The number of nitrogens with zero attached hydrogens (tertiary/aromatic N) is 1. The first-order valence-corrected chi connectivity index (χ1v) is 5.79. The van der Waals surface area contributed by atoms with E-state index in [1.54, 1.807) is 0 Å². The fourth-order valence-corrected chi connectivity index (χ4v) is 1.92. The second-order valence-electron chi connectivity index (χ2n) is 4.74. The molecular weight excluding hydrogens is 194 g/mol. The van der Waals surface area contributed by atoms with Gasteiger partial charge in [-0.25, -0.2) is 0 Å². The summed E-state index contributed by atoms with van der Waals surface area (Å²) in [6.45, 7) is 3.25. The molecule has 0 amide bonds. The van der Waals surface area contributed by atoms with Gasteiger partial charge in [0.1, 0.15) is 0 Å². The van der Waals surface area contributed by atoms with Crippen LogP contribution < -0.4 is 0 Å². The third kappa shape index (κ3) is 2.61. The van der Waals surface area contributed by atoms with Crippen molar-refractivity contribution in [3.63, 3.8) is 0 Å². The van der Waals surface area contributed by atoms with E-state index < -0.39 is 0 Å². The molecule has 2 aromatic rings. The van der Waals surface area contributed by atoms with Gasteiger partial charge in [0.05, 0.1) is 0 Å². The van der Waals surface area contributed by atoms with Gasteiger partial charge in [0.25, 0.3) is 0 Å². The average molecular weight is 213 g/mol. The van der Waals surface area contributed by atoms with Crippen molar-refractivity contribution in [3.8, 4) is 0 Å². The summed E-state index contributed by atoms with van der Waals surface area (Å²) in [7, 11) is 4.23. The molecular formula is C15H19N. The monoisotopic (exact) mass is 213 g/mol. The Kier molecular flexibility index (Phi) is 3.25. The molecule has 0 N–H and O–H groups in total. The molecule has 1 heteroatoms. The van der Waals surface area contributed by atoms with E-state index in [1.807, 2.05) is 0 Å². The Morgan fingerprint density at radius 3 is 2.38 bits per heavy atom. The molecule has 1 nitrogen and oxygen atoms in total. The summed E-state index contributed by atoms with van der Waals surface area (Å²) >= 11 is 0. The molecule has 0 aromatic heterocycles. The van der Waals surface area contributed by atoms with Gasteiger partial charge in [0.2, 0.25) is 0 Å². The molecule has 2 rings (SSSR count). The number of hydrogen-bond acceptors (Lipinski definition) is 1. The molecule has 16 heavy (non-hydrogen) atoms. The third-order valence-electron chi connectivity index (χ3n) is 2.91. The van der Waals surface area contributed by atoms with Crippen molar-refractivity contribution in [1.29, 1.82) is 0 Å². The van der Waals surface area contributed by atoms with Crippen LogP contribution >= 0.6 is 0 Å². The summed E-state index contributed by atoms with van der Waals surface area (Å²) in [5.41, 5.74) is 2.75. The zero-order chi connectivity index (χ0) is 11.5. The fourth-order valence-electron chi connectivity index (χ4n) is 1.92. The van der Waals surface area contributed by atoms with Crippen molar-refractivity contribution in [3.05, 3.63) is 47.5 Å². The number of likely N-dealkylation sites (N-methyl/N-ethyl adjacent to an activating group) is 1. The molecule has 0 radical (unpaired) electrons. The maximum absolute atomic E-state index is 2.30. The lowest BCUT2D eigenvalue weighted by Gasteiger charge is -2.09. The Bertz CT molecular complexity index is 486. The van der Waals surface area contributed by atoms with E-state index in [4.69, 9.17) is 0 Å². The van der Waals surface area contributed by atoms with Crippen LogP contribution in [0, 0.1) is 6.92 Å². The molecule has 84 valence electrons. The first kappa shape index (κ1) is 11.2. The largest absolute Gasteiger partial charge is 0.309 e. The minimum absolute atomic E-state index is 1.11. The van der Waals surface area contributed by atoms with Crippen molar-refractivity contribution in [2.75, 3.05) is 20.6 Å². The highest BCUT2D eigenvalue weighted by atomic mass is 15.0. The van der Waals surface area contributed by atoms with Crippen molar-refractivity contribution in [2.24, 2.45) is 0 Å². The minimum Gasteiger partial charge on any atom is -0.309 e. The van der Waals surface area contributed by atoms with Crippen LogP contribution in [0.25, 0.3) is 10.8 Å². The Morgan fingerprint density at radius 1 is 0.938 bits per heavy atom. The molecule has 0 aliphatic carbocycles. The second kappa shape index (κ2) is 4.67. The second-order valence-corrected chi connectivity index (χ2v) is 4.74. The summed E-state index contributed by atoms with van der Waals surface area (Å²) in [6.07, 6.45) is 1.12. The first-order valence-electron chi connectivity index (χ1n) is 5.79. The minimum atomic E-state index is 1.11. The van der Waals surface area contributed by atoms with Gasteiger partial charge in [-0.3, -0.25) is 0 Å². The maximum Gasteiger partial charge on any atom is 0.00157 e. The highest BCUT2D eigenvalue weighted by Crippen LogP contribution is 2.18. The van der Waals surface area contributed by atoms with Gasteiger partial charge >= 0.3 is 0 Å². The van der Waals surface area contributed by atoms with E-state index in [1.165, 1.54) is 21.9 Å². The van der Waals surface area contributed by atoms with Crippen LogP contribution in [0.5, 0.6) is 0 Å². The Balaban J connectivity index is 2.26. The van der Waals surface area contributed by atoms with E-state index in [-0.39, 0.29) is 0 Å². The lowest BCUT2D eigenvalue weighted by atomic mass is 10.0. The van der Waals surface area contributed by atoms with E-state index >= 15 is 0 Å². The standard InChI is InChI=1S/C15H19N/c1-12-4-6-15-11-13(8-9-16(2)3)5-7-14(15)10-12/h4-7,10-11H,8-9H2,1-3H3. The van der Waals surface area contributed by atoms with Crippen molar-refractivity contribution in [2.45, 2.75) is 13.3 Å². The van der Waals surface area contributed by atoms with Crippen LogP contribution in [-0.4, -0.2) is 25.5 Å². The number of benzene rings is 2. The summed E-state index contributed by atoms with van der Waals surface area (Å²) in [4.78, 5) is 2.22. The lowest BCUT2D eigenvalue weighted by Crippen LogP contribution is -2.14. The average Bonchev–Trinajstić information content (AvgIpc) is 2.26. The van der Waals surface area contributed by atoms with Crippen molar-refractivity contribution in [1.82, 2.24) is 4.90 Å². The van der Waals surface area contributed by atoms with Crippen molar-refractivity contribution >= 4 is 10.8 Å². The van der Waals surface area contributed by atoms with Crippen LogP contribution in [0.4, 0.5) is 0 Å². The number of aryl methyl sites for hydroxylation is 1. The molecule has 0 aliphatic rings. The van der Waals surface area contributed by atoms with Gasteiger partial charge in [-0.15, -0.1) is 0 Å². The molecule has 0 saturated carbocycles. The summed E-state index contributed by atoms with van der Waals surface area (Å²) in [5, 5.41) is 2.69. The molecule has 0 aliphatic heterocycles. The highest BCUT2D eigenvalue weighted by Gasteiger charge is 1.98. The molecule has 0 unspecified atom stereocenters. The number of rotatable bonds is 3. The van der Waals surface area contributed by atoms with Crippen LogP contribution in [0.1, 0.15) is 11.1 Å². The summed E-state index contributed by atoms with van der Waals surface area (Å²) in [6, 6.07) is 13.4. The van der Waals surface area contributed by atoms with Gasteiger partial charge < -0.3 is 4.90 Å². The van der Waals surface area contributed by atoms with Gasteiger partial charge in [0, 0.05) is 6.54 Å². The zero-order valence-corrected chi connectivity index (χ0v) is 10.3. The van der Waals surface area contributed by atoms with E-state index in [0.717, 1.165) is 13.0 Å². The zero-order valence-electron chi connectivity index (χ0n) is 10.3. The normalized spacial score (nSPS) is 11.2. The van der Waals surface area contributed by atoms with Crippen LogP contribution in [0.15, 0.2) is 36.4 Å². The predicted molar refractivity (Wildman–Crippen MR) is 70.9 cm³/mol. The smallest absolute Gasteiger partial charge is 0.00157 e. The SMILES string of the molecule is Cc1ccc2cc(CCN(C)C)ccc2c1. The van der Waals surface area contributed by atoms with E-state index in [2.05, 4.69) is 62.3 Å². The molecule has 0 bridgehead atoms. The lowest BCUT2D eigenvalue weighted by molar-refractivity contribution is 0.414. The Labute approximate surface area is 97.7 Å². The molecule has 0 saturated heterocycles. The highest BCUT2D eigenvalue weighted by molar-refractivity contribution is 5.83. The van der Waals surface area contributed by atoms with Crippen LogP contribution in [0.2, 0.25) is 0 Å². The number of hydrogen-bond donors (Lipinski definition) is 0. The maximum atomic E-state index is 2.30. The van der Waals surface area contributed by atoms with Gasteiger partial charge in [0.15, 0.2) is 0 Å². The first-order chi connectivity index (χ1) is 7.65. The van der Waals surface area contributed by atoms with E-state index in [0.29, 0.717) is 0 Å². The molecule has 0 spiro atoms. The summed E-state index contributed by atoms with van der Waals surface area (Å²) in [5.74, 6) is 0. The van der Waals surface area contributed by atoms with Crippen LogP contribution in [-0.2, 0) is 6.42 Å².